The second-order valence-electron chi connectivity index (χ2n) is 6.90. The smallest absolute Gasteiger partial charge is 0.337 e. The first-order valence-electron chi connectivity index (χ1n) is 9.39. The van der Waals surface area contributed by atoms with Gasteiger partial charge in [0.05, 0.1) is 16.5 Å². The third-order valence-electron chi connectivity index (χ3n) is 4.59. The van der Waals surface area contributed by atoms with Crippen LogP contribution in [0.5, 0.6) is 0 Å². The summed E-state index contributed by atoms with van der Waals surface area (Å²) >= 11 is 18.1. The number of halogens is 6. The Balaban J connectivity index is 1.68. The summed E-state index contributed by atoms with van der Waals surface area (Å²) < 4.78 is 45.6. The molecule has 0 bridgehead atoms. The van der Waals surface area contributed by atoms with Crippen LogP contribution in [0.1, 0.15) is 12.3 Å². The Hall–Kier alpha value is -2.82. The average molecular weight is 519 g/mol. The lowest BCUT2D eigenvalue weighted by atomic mass is 10.2. The van der Waals surface area contributed by atoms with E-state index in [9.17, 15) is 18.0 Å². The molecule has 0 fully saturated rings. The third-order valence-corrected chi connectivity index (χ3v) is 5.66. The molecule has 0 atom stereocenters. The molecule has 2 heterocycles. The van der Waals surface area contributed by atoms with E-state index in [1.165, 1.54) is 0 Å². The van der Waals surface area contributed by atoms with Crippen LogP contribution in [0.15, 0.2) is 51.8 Å². The first-order valence-corrected chi connectivity index (χ1v) is 10.5. The van der Waals surface area contributed by atoms with E-state index in [0.29, 0.717) is 21.2 Å². The molecule has 33 heavy (non-hydrogen) atoms. The van der Waals surface area contributed by atoms with Gasteiger partial charge in [0.25, 0.3) is 0 Å². The number of nitrogens with zero attached hydrogens (tertiary/aromatic N) is 5. The molecule has 0 aliphatic heterocycles. The second kappa shape index (κ2) is 9.20. The lowest BCUT2D eigenvalue weighted by Gasteiger charge is -2.08. The molecule has 4 rings (SSSR count). The fraction of sp³-hybridized carbons (Fsp3) is 0.200. The van der Waals surface area contributed by atoms with Gasteiger partial charge in [-0.15, -0.1) is 5.10 Å². The largest absolute Gasteiger partial charge is 0.390 e. The molecule has 172 valence electrons. The van der Waals surface area contributed by atoms with Crippen molar-refractivity contribution in [1.82, 2.24) is 24.5 Å². The van der Waals surface area contributed by atoms with Gasteiger partial charge >= 0.3 is 11.9 Å². The van der Waals surface area contributed by atoms with Gasteiger partial charge in [-0.1, -0.05) is 46.0 Å². The van der Waals surface area contributed by atoms with Crippen LogP contribution in [-0.4, -0.2) is 30.7 Å². The Morgan fingerprint density at radius 1 is 1.03 bits per heavy atom. The van der Waals surface area contributed by atoms with Crippen molar-refractivity contribution in [2.75, 3.05) is 0 Å². The molecule has 0 amide bonds. The van der Waals surface area contributed by atoms with Crippen molar-refractivity contribution in [2.45, 2.75) is 25.7 Å². The topological polar surface area (TPSA) is 78.7 Å². The highest BCUT2D eigenvalue weighted by Gasteiger charge is 2.28. The number of rotatable bonds is 6. The first-order chi connectivity index (χ1) is 15.6. The molecule has 2 aromatic heterocycles. The van der Waals surface area contributed by atoms with E-state index in [-0.39, 0.29) is 29.1 Å². The number of aromatic nitrogens is 5. The fourth-order valence-corrected chi connectivity index (χ4v) is 3.54. The molecule has 0 spiro atoms. The quantitative estimate of drug-likeness (QED) is 0.326. The van der Waals surface area contributed by atoms with Crippen molar-refractivity contribution in [1.29, 1.82) is 0 Å². The van der Waals surface area contributed by atoms with Gasteiger partial charge in [0, 0.05) is 22.7 Å². The predicted molar refractivity (Wildman–Crippen MR) is 116 cm³/mol. The molecule has 0 saturated heterocycles. The number of benzene rings is 2. The molecule has 4 aromatic rings. The van der Waals surface area contributed by atoms with Crippen LogP contribution in [0.3, 0.4) is 0 Å². The van der Waals surface area contributed by atoms with Gasteiger partial charge in [-0.05, 0) is 36.4 Å². The van der Waals surface area contributed by atoms with Gasteiger partial charge in [0.15, 0.2) is 5.82 Å². The molecule has 0 aliphatic rings. The lowest BCUT2D eigenvalue weighted by Crippen LogP contribution is -2.27. The molecule has 0 unspecified atom stereocenters. The lowest BCUT2D eigenvalue weighted by molar-refractivity contribution is -0.136. The molecule has 0 radical (unpaired) electrons. The van der Waals surface area contributed by atoms with E-state index in [0.717, 1.165) is 9.25 Å². The van der Waals surface area contributed by atoms with Crippen LogP contribution in [-0.2, 0) is 13.1 Å². The summed E-state index contributed by atoms with van der Waals surface area (Å²) in [6, 6.07) is 11.1. The number of hydrogen-bond donors (Lipinski definition) is 0. The molecule has 0 saturated carbocycles. The molecule has 7 nitrogen and oxygen atoms in total. The van der Waals surface area contributed by atoms with Gasteiger partial charge in [-0.3, -0.25) is 4.57 Å². The van der Waals surface area contributed by atoms with E-state index in [4.69, 9.17) is 39.3 Å². The van der Waals surface area contributed by atoms with E-state index in [1.807, 2.05) is 0 Å². The summed E-state index contributed by atoms with van der Waals surface area (Å²) in [5.74, 6) is 0.199. The van der Waals surface area contributed by atoms with Crippen molar-refractivity contribution in [3.05, 3.63) is 73.9 Å². The summed E-state index contributed by atoms with van der Waals surface area (Å²) in [6.07, 6.45) is -5.65. The zero-order valence-corrected chi connectivity index (χ0v) is 18.8. The normalized spacial score (nSPS) is 11.8. The van der Waals surface area contributed by atoms with Crippen LogP contribution in [0.25, 0.3) is 22.8 Å². The summed E-state index contributed by atoms with van der Waals surface area (Å²) in [5, 5.41) is 9.00. The molecular weight excluding hydrogens is 506 g/mol. The van der Waals surface area contributed by atoms with E-state index >= 15 is 0 Å². The Bertz CT molecular complexity index is 1350. The molecule has 13 heteroatoms. The first kappa shape index (κ1) is 23.3. The average Bonchev–Trinajstić information content (AvgIpc) is 3.34. The molecule has 2 aromatic carbocycles. The Morgan fingerprint density at radius 2 is 1.76 bits per heavy atom. The number of alkyl halides is 3. The standard InChI is InChI=1S/C20H13Cl3F3N5O2/c21-12-6-4-11(5-7-12)18-28-31(19(32)30(18)9-8-20(24,25)26)10-15-27-17(29-33-15)13-2-1-3-14(22)16(13)23/h1-7H,8-10H2. The zero-order chi connectivity index (χ0) is 23.8. The third kappa shape index (κ3) is 5.23. The minimum Gasteiger partial charge on any atom is -0.337 e. The minimum atomic E-state index is -4.45. The summed E-state index contributed by atoms with van der Waals surface area (Å²) in [5.41, 5.74) is 0.0863. The van der Waals surface area contributed by atoms with E-state index in [1.54, 1.807) is 42.5 Å². The Morgan fingerprint density at radius 3 is 2.45 bits per heavy atom. The Labute approximate surface area is 199 Å². The minimum absolute atomic E-state index is 0.00581. The molecule has 0 aliphatic carbocycles. The van der Waals surface area contributed by atoms with Crippen molar-refractivity contribution >= 4 is 34.8 Å². The predicted octanol–water partition coefficient (Wildman–Crippen LogP) is 5.72. The van der Waals surface area contributed by atoms with Crippen molar-refractivity contribution < 1.29 is 17.7 Å². The fourth-order valence-electron chi connectivity index (χ4n) is 3.03. The van der Waals surface area contributed by atoms with Gasteiger partial charge < -0.3 is 4.52 Å². The molecule has 0 N–H and O–H groups in total. The highest BCUT2D eigenvalue weighted by Crippen LogP contribution is 2.32. The van der Waals surface area contributed by atoms with E-state index in [2.05, 4.69) is 15.2 Å². The SMILES string of the molecule is O=c1n(Cc2nc(-c3cccc(Cl)c3Cl)no2)nc(-c2ccc(Cl)cc2)n1CCC(F)(F)F. The van der Waals surface area contributed by atoms with Gasteiger partial charge in [-0.25, -0.2) is 9.48 Å². The Kier molecular flexibility index (Phi) is 6.51. The molecular formula is C20H13Cl3F3N5O2. The zero-order valence-electron chi connectivity index (χ0n) is 16.5. The van der Waals surface area contributed by atoms with Gasteiger partial charge in [-0.2, -0.15) is 18.2 Å². The highest BCUT2D eigenvalue weighted by atomic mass is 35.5. The second-order valence-corrected chi connectivity index (χ2v) is 8.12. The maximum atomic E-state index is 12.9. The van der Waals surface area contributed by atoms with Crippen LogP contribution in [0.4, 0.5) is 13.2 Å². The highest BCUT2D eigenvalue weighted by molar-refractivity contribution is 6.43. The monoisotopic (exact) mass is 517 g/mol. The van der Waals surface area contributed by atoms with Crippen LogP contribution < -0.4 is 5.69 Å². The van der Waals surface area contributed by atoms with E-state index < -0.39 is 24.8 Å². The van der Waals surface area contributed by atoms with Crippen molar-refractivity contribution in [3.63, 3.8) is 0 Å². The summed E-state index contributed by atoms with van der Waals surface area (Å²) in [7, 11) is 0. The summed E-state index contributed by atoms with van der Waals surface area (Å²) in [6.45, 7) is -0.864. The van der Waals surface area contributed by atoms with Gasteiger partial charge in [0.1, 0.15) is 6.54 Å². The van der Waals surface area contributed by atoms with Crippen LogP contribution in [0.2, 0.25) is 15.1 Å². The van der Waals surface area contributed by atoms with Gasteiger partial charge in [0.2, 0.25) is 11.7 Å². The van der Waals surface area contributed by atoms with Crippen LogP contribution >= 0.6 is 34.8 Å². The number of hydrogen-bond acceptors (Lipinski definition) is 5. The van der Waals surface area contributed by atoms with Crippen molar-refractivity contribution in [3.8, 4) is 22.8 Å². The summed E-state index contributed by atoms with van der Waals surface area (Å²) in [4.78, 5) is 17.1. The maximum Gasteiger partial charge on any atom is 0.390 e. The van der Waals surface area contributed by atoms with Crippen molar-refractivity contribution in [2.24, 2.45) is 0 Å². The van der Waals surface area contributed by atoms with Crippen LogP contribution in [0, 0.1) is 0 Å². The maximum absolute atomic E-state index is 12.9.